The fourth-order valence-electron chi connectivity index (χ4n) is 3.33. The number of aromatic nitrogens is 3. The number of ether oxygens (including phenoxy) is 1. The summed E-state index contributed by atoms with van der Waals surface area (Å²) in [4.78, 5) is 32.9. The van der Waals surface area contributed by atoms with Crippen LogP contribution in [0.25, 0.3) is 5.69 Å². The Morgan fingerprint density at radius 1 is 1.12 bits per heavy atom. The van der Waals surface area contributed by atoms with E-state index in [2.05, 4.69) is 20.5 Å². The highest BCUT2D eigenvalue weighted by atomic mass is 32.2. The van der Waals surface area contributed by atoms with Crippen molar-refractivity contribution in [2.24, 2.45) is 5.10 Å². The number of aryl methyl sites for hydroxylation is 3. The fourth-order valence-corrected chi connectivity index (χ4v) is 4.08. The van der Waals surface area contributed by atoms with E-state index in [-0.39, 0.29) is 11.7 Å². The summed E-state index contributed by atoms with van der Waals surface area (Å²) in [6.07, 6.45) is 1.59. The highest BCUT2D eigenvalue weighted by Crippen LogP contribution is 2.23. The second-order valence-electron chi connectivity index (χ2n) is 7.19. The van der Waals surface area contributed by atoms with Gasteiger partial charge in [0.2, 0.25) is 0 Å². The van der Waals surface area contributed by atoms with E-state index in [4.69, 9.17) is 4.74 Å². The van der Waals surface area contributed by atoms with Crippen LogP contribution in [0, 0.1) is 27.7 Å². The van der Waals surface area contributed by atoms with Gasteiger partial charge in [-0.05, 0) is 52.0 Å². The zero-order valence-electron chi connectivity index (χ0n) is 18.7. The van der Waals surface area contributed by atoms with Crippen LogP contribution in [0.5, 0.6) is 0 Å². The molecule has 9 heteroatoms. The maximum absolute atomic E-state index is 12.2. The van der Waals surface area contributed by atoms with E-state index < -0.39 is 5.97 Å². The lowest BCUT2D eigenvalue weighted by Crippen LogP contribution is -2.20. The van der Waals surface area contributed by atoms with Gasteiger partial charge < -0.3 is 9.30 Å². The van der Waals surface area contributed by atoms with E-state index in [0.717, 1.165) is 34.0 Å². The van der Waals surface area contributed by atoms with Crippen LogP contribution in [-0.4, -0.2) is 45.5 Å². The molecule has 0 bridgehead atoms. The van der Waals surface area contributed by atoms with Crippen LogP contribution >= 0.6 is 11.8 Å². The minimum Gasteiger partial charge on any atom is -0.465 e. The largest absolute Gasteiger partial charge is 0.465 e. The van der Waals surface area contributed by atoms with E-state index in [1.165, 1.54) is 18.9 Å². The molecular formula is C23H25N5O3S. The summed E-state index contributed by atoms with van der Waals surface area (Å²) in [5, 5.41) is 4.65. The summed E-state index contributed by atoms with van der Waals surface area (Å²) in [5.41, 5.74) is 8.10. The molecule has 2 aromatic heterocycles. The van der Waals surface area contributed by atoms with Gasteiger partial charge in [0.05, 0.1) is 30.3 Å². The Morgan fingerprint density at radius 3 is 2.50 bits per heavy atom. The lowest BCUT2D eigenvalue weighted by atomic mass is 10.1. The van der Waals surface area contributed by atoms with Gasteiger partial charge in [-0.15, -0.1) is 0 Å². The third-order valence-corrected chi connectivity index (χ3v) is 5.55. The number of esters is 1. The number of nitrogens with zero attached hydrogens (tertiary/aromatic N) is 4. The predicted octanol–water partition coefficient (Wildman–Crippen LogP) is 3.53. The average molecular weight is 452 g/mol. The van der Waals surface area contributed by atoms with Crippen molar-refractivity contribution in [1.29, 1.82) is 0 Å². The van der Waals surface area contributed by atoms with Gasteiger partial charge in [-0.3, -0.25) is 4.79 Å². The number of hydrogen-bond acceptors (Lipinski definition) is 7. The zero-order chi connectivity index (χ0) is 23.3. The Balaban J connectivity index is 1.70. The van der Waals surface area contributed by atoms with E-state index in [1.54, 1.807) is 18.3 Å². The smallest absolute Gasteiger partial charge is 0.339 e. The molecule has 0 fully saturated rings. The van der Waals surface area contributed by atoms with Crippen LogP contribution in [0.15, 0.2) is 46.7 Å². The van der Waals surface area contributed by atoms with Gasteiger partial charge in [0.15, 0.2) is 5.16 Å². The molecule has 0 aliphatic rings. The van der Waals surface area contributed by atoms with E-state index in [0.29, 0.717) is 10.7 Å². The maximum atomic E-state index is 12.2. The minimum absolute atomic E-state index is 0.158. The van der Waals surface area contributed by atoms with E-state index >= 15 is 0 Å². The van der Waals surface area contributed by atoms with E-state index in [1.807, 2.05) is 56.5 Å². The maximum Gasteiger partial charge on any atom is 0.339 e. The Labute approximate surface area is 191 Å². The second kappa shape index (κ2) is 10.2. The molecule has 0 aliphatic heterocycles. The van der Waals surface area contributed by atoms with Gasteiger partial charge in [0.1, 0.15) is 0 Å². The standard InChI is InChI=1S/C23H25N5O3S/c1-14-10-15(2)26-23(25-14)32-13-21(29)27-24-12-18-11-16(3)28(17(18)4)20-9-7-6-8-19(20)22(30)31-5/h6-12H,13H2,1-5H3,(H,27,29)/b24-12-. The number of methoxy groups -OCH3 is 1. The van der Waals surface area contributed by atoms with Crippen molar-refractivity contribution in [2.45, 2.75) is 32.9 Å². The van der Waals surface area contributed by atoms with Crippen molar-refractivity contribution < 1.29 is 14.3 Å². The first-order valence-corrected chi connectivity index (χ1v) is 10.9. The first-order chi connectivity index (χ1) is 15.3. The second-order valence-corrected chi connectivity index (χ2v) is 8.13. The fraction of sp³-hybridized carbons (Fsp3) is 0.261. The van der Waals surface area contributed by atoms with Crippen molar-refractivity contribution in [3.63, 3.8) is 0 Å². The van der Waals surface area contributed by atoms with Gasteiger partial charge >= 0.3 is 5.97 Å². The molecule has 166 valence electrons. The Kier molecular flexibility index (Phi) is 7.42. The monoisotopic (exact) mass is 451 g/mol. The first-order valence-electron chi connectivity index (χ1n) is 9.93. The number of carbonyl (C=O) groups excluding carboxylic acids is 2. The zero-order valence-corrected chi connectivity index (χ0v) is 19.5. The number of rotatable bonds is 7. The predicted molar refractivity (Wildman–Crippen MR) is 125 cm³/mol. The molecule has 0 atom stereocenters. The summed E-state index contributed by atoms with van der Waals surface area (Å²) in [6, 6.07) is 11.1. The molecule has 8 nitrogen and oxygen atoms in total. The molecule has 3 rings (SSSR count). The molecule has 2 heterocycles. The van der Waals surface area contributed by atoms with E-state index in [9.17, 15) is 9.59 Å². The molecule has 1 amide bonds. The third kappa shape index (κ3) is 5.42. The number of nitrogens with one attached hydrogen (secondary N) is 1. The Morgan fingerprint density at radius 2 is 1.81 bits per heavy atom. The molecule has 32 heavy (non-hydrogen) atoms. The summed E-state index contributed by atoms with van der Waals surface area (Å²) in [6.45, 7) is 7.65. The van der Waals surface area contributed by atoms with Crippen LogP contribution in [0.4, 0.5) is 0 Å². The van der Waals surface area contributed by atoms with Crippen molar-refractivity contribution >= 4 is 29.9 Å². The topological polar surface area (TPSA) is 98.5 Å². The highest BCUT2D eigenvalue weighted by molar-refractivity contribution is 7.99. The molecule has 3 aromatic rings. The lowest BCUT2D eigenvalue weighted by Gasteiger charge is -2.13. The van der Waals surface area contributed by atoms with Gasteiger partial charge in [-0.2, -0.15) is 5.10 Å². The molecule has 0 saturated heterocycles. The van der Waals surface area contributed by atoms with Gasteiger partial charge in [-0.25, -0.2) is 20.2 Å². The quantitative estimate of drug-likeness (QED) is 0.194. The number of carbonyl (C=O) groups is 2. The molecular weight excluding hydrogens is 426 g/mol. The number of hydrazone groups is 1. The van der Waals surface area contributed by atoms with Crippen molar-refractivity contribution in [3.05, 3.63) is 70.3 Å². The first kappa shape index (κ1) is 23.2. The summed E-state index contributed by atoms with van der Waals surface area (Å²) < 4.78 is 6.87. The molecule has 0 unspecified atom stereocenters. The van der Waals surface area contributed by atoms with Gasteiger partial charge in [0.25, 0.3) is 5.91 Å². The Bertz CT molecular complexity index is 1170. The number of amides is 1. The number of hydrogen-bond donors (Lipinski definition) is 1. The molecule has 0 aliphatic carbocycles. The molecule has 1 N–H and O–H groups in total. The summed E-state index contributed by atoms with van der Waals surface area (Å²) >= 11 is 1.26. The SMILES string of the molecule is COC(=O)c1ccccc1-n1c(C)cc(/C=N\NC(=O)CSc2nc(C)cc(C)n2)c1C. The molecule has 0 spiro atoms. The van der Waals surface area contributed by atoms with Crippen molar-refractivity contribution in [3.8, 4) is 5.69 Å². The Hall–Kier alpha value is -3.46. The molecule has 0 saturated carbocycles. The number of thioether (sulfide) groups is 1. The molecule has 0 radical (unpaired) electrons. The van der Waals surface area contributed by atoms with Crippen molar-refractivity contribution in [1.82, 2.24) is 20.0 Å². The molecule has 1 aromatic carbocycles. The lowest BCUT2D eigenvalue weighted by molar-refractivity contribution is -0.118. The van der Waals surface area contributed by atoms with Gasteiger partial charge in [-0.1, -0.05) is 23.9 Å². The van der Waals surface area contributed by atoms with Crippen molar-refractivity contribution in [2.75, 3.05) is 12.9 Å². The van der Waals surface area contributed by atoms with Crippen LogP contribution in [0.2, 0.25) is 0 Å². The van der Waals surface area contributed by atoms with Crippen LogP contribution in [-0.2, 0) is 9.53 Å². The average Bonchev–Trinajstić information content (AvgIpc) is 3.04. The summed E-state index contributed by atoms with van der Waals surface area (Å²) in [7, 11) is 1.36. The minimum atomic E-state index is -0.402. The highest BCUT2D eigenvalue weighted by Gasteiger charge is 2.17. The number of benzene rings is 1. The third-order valence-electron chi connectivity index (χ3n) is 4.71. The normalized spacial score (nSPS) is 11.0. The summed E-state index contributed by atoms with van der Waals surface area (Å²) in [5.74, 6) is -0.495. The van der Waals surface area contributed by atoms with Crippen LogP contribution in [0.1, 0.15) is 38.7 Å². The van der Waals surface area contributed by atoms with Crippen LogP contribution in [0.3, 0.4) is 0 Å². The van der Waals surface area contributed by atoms with Crippen LogP contribution < -0.4 is 5.43 Å². The van der Waals surface area contributed by atoms with Gasteiger partial charge in [0, 0.05) is 28.3 Å². The number of para-hydroxylation sites is 1.